The van der Waals surface area contributed by atoms with Crippen LogP contribution in [0.3, 0.4) is 0 Å². The third-order valence-electron chi connectivity index (χ3n) is 2.55. The number of hydrogen-bond donors (Lipinski definition) is 2. The van der Waals surface area contributed by atoms with Gasteiger partial charge in [0.15, 0.2) is 0 Å². The van der Waals surface area contributed by atoms with Crippen molar-refractivity contribution in [3.05, 3.63) is 28.8 Å². The van der Waals surface area contributed by atoms with Crippen LogP contribution in [0.25, 0.3) is 0 Å². The van der Waals surface area contributed by atoms with Gasteiger partial charge in [-0.3, -0.25) is 4.79 Å². The van der Waals surface area contributed by atoms with Crippen LogP contribution >= 0.6 is 11.6 Å². The smallest absolute Gasteiger partial charge is 0.256 e. The molecule has 0 radical (unpaired) electrons. The number of benzene rings is 1. The molecule has 4 nitrogen and oxygen atoms in total. The van der Waals surface area contributed by atoms with Crippen molar-refractivity contribution in [1.29, 1.82) is 5.26 Å². The minimum Gasteiger partial charge on any atom is -0.507 e. The predicted molar refractivity (Wildman–Crippen MR) is 64.9 cm³/mol. The van der Waals surface area contributed by atoms with Crippen molar-refractivity contribution in [2.75, 3.05) is 0 Å². The van der Waals surface area contributed by atoms with E-state index in [2.05, 4.69) is 5.32 Å². The molecule has 2 N–H and O–H groups in total. The summed E-state index contributed by atoms with van der Waals surface area (Å²) < 4.78 is 0. The number of nitrogens with one attached hydrogen (secondary N) is 1. The third-order valence-corrected chi connectivity index (χ3v) is 2.78. The Bertz CT molecular complexity index is 482. The van der Waals surface area contributed by atoms with Crippen LogP contribution in [-0.2, 0) is 0 Å². The molecular formula is C12H13ClN2O2. The Labute approximate surface area is 105 Å². The minimum absolute atomic E-state index is 0.101. The lowest BCUT2D eigenvalue weighted by Gasteiger charge is -2.21. The van der Waals surface area contributed by atoms with Crippen LogP contribution in [-0.4, -0.2) is 16.6 Å². The zero-order chi connectivity index (χ0) is 13.1. The largest absolute Gasteiger partial charge is 0.507 e. The van der Waals surface area contributed by atoms with Crippen molar-refractivity contribution in [3.63, 3.8) is 0 Å². The second-order valence-electron chi connectivity index (χ2n) is 3.91. The van der Waals surface area contributed by atoms with Gasteiger partial charge in [0.2, 0.25) is 0 Å². The van der Waals surface area contributed by atoms with E-state index in [-0.39, 0.29) is 11.3 Å². The van der Waals surface area contributed by atoms with Crippen molar-refractivity contribution in [2.45, 2.75) is 25.8 Å². The summed E-state index contributed by atoms with van der Waals surface area (Å²) in [4.78, 5) is 11.8. The summed E-state index contributed by atoms with van der Waals surface area (Å²) in [6, 6.07) is 6.23. The van der Waals surface area contributed by atoms with E-state index in [0.29, 0.717) is 11.4 Å². The van der Waals surface area contributed by atoms with Gasteiger partial charge in [0.1, 0.15) is 11.3 Å². The van der Waals surface area contributed by atoms with E-state index in [9.17, 15) is 9.90 Å². The van der Waals surface area contributed by atoms with Gasteiger partial charge in [0, 0.05) is 5.02 Å². The van der Waals surface area contributed by atoms with Gasteiger partial charge in [-0.25, -0.2) is 0 Å². The lowest BCUT2D eigenvalue weighted by Crippen LogP contribution is -2.44. The molecule has 0 spiro atoms. The van der Waals surface area contributed by atoms with Gasteiger partial charge >= 0.3 is 0 Å². The van der Waals surface area contributed by atoms with Gasteiger partial charge < -0.3 is 10.4 Å². The topological polar surface area (TPSA) is 73.1 Å². The molecule has 0 aliphatic heterocycles. The Morgan fingerprint density at radius 2 is 2.29 bits per heavy atom. The molecule has 1 unspecified atom stereocenters. The van der Waals surface area contributed by atoms with Crippen molar-refractivity contribution in [3.8, 4) is 11.8 Å². The molecule has 0 bridgehead atoms. The highest BCUT2D eigenvalue weighted by Crippen LogP contribution is 2.22. The maximum atomic E-state index is 11.8. The molecule has 0 saturated heterocycles. The Morgan fingerprint density at radius 3 is 2.76 bits per heavy atom. The predicted octanol–water partition coefficient (Wildman–Crippen LogP) is 2.47. The van der Waals surface area contributed by atoms with E-state index in [1.54, 1.807) is 13.8 Å². The standard InChI is InChI=1S/C12H13ClN2O2/c1-3-12(2,7-14)15-11(17)9-5-4-8(13)6-10(9)16/h4-6,16H,3H2,1-2H3,(H,15,17). The Hall–Kier alpha value is -1.73. The van der Waals surface area contributed by atoms with E-state index < -0.39 is 11.4 Å². The lowest BCUT2D eigenvalue weighted by molar-refractivity contribution is 0.0920. The highest BCUT2D eigenvalue weighted by molar-refractivity contribution is 6.30. The number of carbonyl (C=O) groups excluding carboxylic acids is 1. The van der Waals surface area contributed by atoms with Gasteiger partial charge in [-0.15, -0.1) is 0 Å². The maximum Gasteiger partial charge on any atom is 0.256 e. The van der Waals surface area contributed by atoms with Crippen LogP contribution in [0.2, 0.25) is 5.02 Å². The Kier molecular flexibility index (Phi) is 3.97. The van der Waals surface area contributed by atoms with E-state index >= 15 is 0 Å². The molecule has 0 aliphatic rings. The van der Waals surface area contributed by atoms with Crippen molar-refractivity contribution in [2.24, 2.45) is 0 Å². The number of nitriles is 1. The monoisotopic (exact) mass is 252 g/mol. The van der Waals surface area contributed by atoms with Gasteiger partial charge in [0.05, 0.1) is 11.6 Å². The van der Waals surface area contributed by atoms with E-state index in [1.807, 2.05) is 6.07 Å². The van der Waals surface area contributed by atoms with E-state index in [0.717, 1.165) is 0 Å². The summed E-state index contributed by atoms with van der Waals surface area (Å²) in [5.41, 5.74) is -0.840. The van der Waals surface area contributed by atoms with Crippen molar-refractivity contribution < 1.29 is 9.90 Å². The van der Waals surface area contributed by atoms with Gasteiger partial charge in [-0.2, -0.15) is 5.26 Å². The van der Waals surface area contributed by atoms with Gasteiger partial charge in [-0.1, -0.05) is 18.5 Å². The summed E-state index contributed by atoms with van der Waals surface area (Å²) >= 11 is 5.67. The third kappa shape index (κ3) is 3.11. The van der Waals surface area contributed by atoms with Crippen LogP contribution in [0.15, 0.2) is 18.2 Å². The minimum atomic E-state index is -0.941. The summed E-state index contributed by atoms with van der Waals surface area (Å²) in [6.07, 6.45) is 0.476. The van der Waals surface area contributed by atoms with Gasteiger partial charge in [0.25, 0.3) is 5.91 Å². The fourth-order valence-corrected chi connectivity index (χ4v) is 1.38. The maximum absolute atomic E-state index is 11.8. The van der Waals surface area contributed by atoms with Crippen molar-refractivity contribution in [1.82, 2.24) is 5.32 Å². The first kappa shape index (κ1) is 13.3. The highest BCUT2D eigenvalue weighted by atomic mass is 35.5. The molecule has 5 heteroatoms. The molecular weight excluding hydrogens is 240 g/mol. The number of phenols is 1. The number of rotatable bonds is 3. The molecule has 0 fully saturated rings. The van der Waals surface area contributed by atoms with E-state index in [4.69, 9.17) is 16.9 Å². The van der Waals surface area contributed by atoms with Crippen LogP contribution in [0.5, 0.6) is 5.75 Å². The zero-order valence-electron chi connectivity index (χ0n) is 9.62. The average molecular weight is 253 g/mol. The zero-order valence-corrected chi connectivity index (χ0v) is 10.4. The first-order valence-electron chi connectivity index (χ1n) is 5.14. The Balaban J connectivity index is 2.95. The average Bonchev–Trinajstić information content (AvgIpc) is 2.28. The molecule has 0 heterocycles. The molecule has 1 amide bonds. The molecule has 1 rings (SSSR count). The van der Waals surface area contributed by atoms with Crippen LogP contribution in [0.4, 0.5) is 0 Å². The normalized spacial score (nSPS) is 13.5. The first-order chi connectivity index (χ1) is 7.91. The number of aromatic hydroxyl groups is 1. The van der Waals surface area contributed by atoms with Crippen molar-refractivity contribution >= 4 is 17.5 Å². The van der Waals surface area contributed by atoms with Gasteiger partial charge in [-0.05, 0) is 31.5 Å². The molecule has 1 aromatic rings. The number of nitrogens with zero attached hydrogens (tertiary/aromatic N) is 1. The molecule has 0 saturated carbocycles. The number of halogens is 1. The summed E-state index contributed by atoms with van der Waals surface area (Å²) in [5, 5.41) is 21.4. The first-order valence-corrected chi connectivity index (χ1v) is 5.52. The van der Waals surface area contributed by atoms with Crippen LogP contribution in [0, 0.1) is 11.3 Å². The fraction of sp³-hybridized carbons (Fsp3) is 0.333. The summed E-state index contributed by atoms with van der Waals surface area (Å²) in [6.45, 7) is 3.42. The quantitative estimate of drug-likeness (QED) is 0.868. The SMILES string of the molecule is CCC(C)(C#N)NC(=O)c1ccc(Cl)cc1O. The summed E-state index contributed by atoms with van der Waals surface area (Å²) in [7, 11) is 0. The summed E-state index contributed by atoms with van der Waals surface area (Å²) in [5.74, 6) is -0.698. The van der Waals surface area contributed by atoms with E-state index in [1.165, 1.54) is 18.2 Å². The number of hydrogen-bond acceptors (Lipinski definition) is 3. The second-order valence-corrected chi connectivity index (χ2v) is 4.35. The molecule has 1 aromatic carbocycles. The molecule has 0 aliphatic carbocycles. The molecule has 17 heavy (non-hydrogen) atoms. The Morgan fingerprint density at radius 1 is 1.65 bits per heavy atom. The second kappa shape index (κ2) is 5.07. The number of carbonyl (C=O) groups is 1. The molecule has 90 valence electrons. The molecule has 0 aromatic heterocycles. The fourth-order valence-electron chi connectivity index (χ4n) is 1.21. The lowest BCUT2D eigenvalue weighted by atomic mass is 10.0. The molecule has 1 atom stereocenters. The highest BCUT2D eigenvalue weighted by Gasteiger charge is 2.25. The van der Waals surface area contributed by atoms with Crippen LogP contribution in [0.1, 0.15) is 30.6 Å². The van der Waals surface area contributed by atoms with Crippen LogP contribution < -0.4 is 5.32 Å². The number of amides is 1. The number of phenolic OH excluding ortho intramolecular Hbond substituents is 1.